The molecular formula is C34H39N5O5. The van der Waals surface area contributed by atoms with Gasteiger partial charge in [-0.2, -0.15) is 0 Å². The number of aromatic amines is 1. The zero-order valence-corrected chi connectivity index (χ0v) is 25.3. The number of para-hydroxylation sites is 1. The molecule has 2 aromatic heterocycles. The van der Waals surface area contributed by atoms with Gasteiger partial charge in [0, 0.05) is 61.2 Å². The highest BCUT2D eigenvalue weighted by Gasteiger charge is 2.40. The van der Waals surface area contributed by atoms with Crippen LogP contribution >= 0.6 is 0 Å². The summed E-state index contributed by atoms with van der Waals surface area (Å²) < 4.78 is 11.4. The van der Waals surface area contributed by atoms with Crippen molar-refractivity contribution in [1.82, 2.24) is 25.3 Å². The number of likely N-dealkylation sites (tertiary alicyclic amines) is 1. The van der Waals surface area contributed by atoms with E-state index in [0.29, 0.717) is 64.3 Å². The zero-order chi connectivity index (χ0) is 30.6. The molecule has 230 valence electrons. The minimum Gasteiger partial charge on any atom is -0.492 e. The van der Waals surface area contributed by atoms with E-state index in [-0.39, 0.29) is 36.0 Å². The lowest BCUT2D eigenvalue weighted by Gasteiger charge is -2.24. The second kappa shape index (κ2) is 13.0. The molecule has 3 amide bonds. The molecule has 1 fully saturated rings. The number of aryl methyl sites for hydroxylation is 2. The van der Waals surface area contributed by atoms with Crippen LogP contribution in [-0.4, -0.2) is 77.0 Å². The Morgan fingerprint density at radius 1 is 1.00 bits per heavy atom. The van der Waals surface area contributed by atoms with Crippen molar-refractivity contribution in [1.29, 1.82) is 0 Å². The number of nitrogens with zero attached hydrogens (tertiary/aromatic N) is 3. The largest absolute Gasteiger partial charge is 0.492 e. The van der Waals surface area contributed by atoms with Crippen LogP contribution in [0.15, 0.2) is 59.3 Å². The number of nitrogens with one attached hydrogen (secondary N) is 2. The molecule has 2 N–H and O–H groups in total. The molecule has 10 nitrogen and oxygen atoms in total. The van der Waals surface area contributed by atoms with Gasteiger partial charge < -0.3 is 29.4 Å². The van der Waals surface area contributed by atoms with E-state index in [0.717, 1.165) is 39.0 Å². The van der Waals surface area contributed by atoms with Crippen LogP contribution in [-0.2, 0) is 27.2 Å². The maximum atomic E-state index is 13.5. The quantitative estimate of drug-likeness (QED) is 0.360. The Labute approximate surface area is 256 Å². The second-order valence-electron chi connectivity index (χ2n) is 11.8. The molecule has 6 rings (SSSR count). The van der Waals surface area contributed by atoms with Gasteiger partial charge in [0.1, 0.15) is 18.1 Å². The summed E-state index contributed by atoms with van der Waals surface area (Å²) in [4.78, 5) is 47.1. The molecule has 2 bridgehead atoms. The highest BCUT2D eigenvalue weighted by atomic mass is 16.5. The molecule has 0 saturated carbocycles. The first kappa shape index (κ1) is 29.5. The molecule has 4 heterocycles. The summed E-state index contributed by atoms with van der Waals surface area (Å²) in [5, 5.41) is 8.14. The number of H-pyrrole nitrogens is 1. The van der Waals surface area contributed by atoms with Gasteiger partial charge in [-0.3, -0.25) is 14.4 Å². The predicted molar refractivity (Wildman–Crippen MR) is 165 cm³/mol. The summed E-state index contributed by atoms with van der Waals surface area (Å²) in [7, 11) is 0. The van der Waals surface area contributed by atoms with Crippen LogP contribution < -0.4 is 10.1 Å². The van der Waals surface area contributed by atoms with Gasteiger partial charge >= 0.3 is 0 Å². The van der Waals surface area contributed by atoms with Crippen molar-refractivity contribution >= 4 is 28.6 Å². The summed E-state index contributed by atoms with van der Waals surface area (Å²) in [6.45, 7) is 6.32. The molecule has 44 heavy (non-hydrogen) atoms. The molecule has 2 aromatic carbocycles. The summed E-state index contributed by atoms with van der Waals surface area (Å²) in [5.74, 6) is 0.864. The molecule has 0 spiro atoms. The minimum atomic E-state index is -0.379. The molecule has 2 aliphatic rings. The normalized spacial score (nSPS) is 19.3. The van der Waals surface area contributed by atoms with Crippen molar-refractivity contribution in [3.8, 4) is 5.75 Å². The Morgan fingerprint density at radius 3 is 2.68 bits per heavy atom. The first-order chi connectivity index (χ1) is 21.4. The Morgan fingerprint density at radius 2 is 1.84 bits per heavy atom. The lowest BCUT2D eigenvalue weighted by atomic mass is 9.88. The van der Waals surface area contributed by atoms with E-state index < -0.39 is 0 Å². The number of benzene rings is 2. The van der Waals surface area contributed by atoms with Gasteiger partial charge in [-0.1, -0.05) is 35.5 Å². The van der Waals surface area contributed by atoms with Crippen molar-refractivity contribution in [3.63, 3.8) is 0 Å². The highest BCUT2D eigenvalue weighted by Crippen LogP contribution is 2.35. The fraction of sp³-hybridized carbons (Fsp3) is 0.412. The Balaban J connectivity index is 1.14. The van der Waals surface area contributed by atoms with Gasteiger partial charge in [0.2, 0.25) is 17.7 Å². The van der Waals surface area contributed by atoms with E-state index in [2.05, 4.69) is 15.5 Å². The molecule has 2 atom stereocenters. The van der Waals surface area contributed by atoms with E-state index in [9.17, 15) is 14.4 Å². The van der Waals surface area contributed by atoms with Crippen molar-refractivity contribution in [2.24, 2.45) is 5.92 Å². The number of fused-ring (bicyclic) bond motifs is 5. The average Bonchev–Trinajstić information content (AvgIpc) is 3.74. The Kier molecular flexibility index (Phi) is 8.67. The number of carbonyl (C=O) groups excluding carboxylic acids is 3. The molecule has 4 aromatic rings. The zero-order valence-electron chi connectivity index (χ0n) is 25.3. The highest BCUT2D eigenvalue weighted by molar-refractivity contribution is 5.89. The summed E-state index contributed by atoms with van der Waals surface area (Å²) in [5.41, 5.74) is 4.71. The lowest BCUT2D eigenvalue weighted by molar-refractivity contribution is -0.131. The molecule has 0 unspecified atom stereocenters. The minimum absolute atomic E-state index is 0.0139. The van der Waals surface area contributed by atoms with Crippen LogP contribution in [0, 0.1) is 19.8 Å². The van der Waals surface area contributed by atoms with Crippen LogP contribution in [0.4, 0.5) is 0 Å². The lowest BCUT2D eigenvalue weighted by Crippen LogP contribution is -2.40. The van der Waals surface area contributed by atoms with E-state index in [4.69, 9.17) is 9.26 Å². The molecular weight excluding hydrogens is 558 g/mol. The maximum absolute atomic E-state index is 13.5. The third-order valence-corrected chi connectivity index (χ3v) is 8.97. The predicted octanol–water partition coefficient (Wildman–Crippen LogP) is 3.92. The fourth-order valence-electron chi connectivity index (χ4n) is 6.49. The smallest absolute Gasteiger partial charge is 0.227 e. The first-order valence-electron chi connectivity index (χ1n) is 15.4. The number of amides is 3. The van der Waals surface area contributed by atoms with Gasteiger partial charge in [-0.05, 0) is 56.0 Å². The van der Waals surface area contributed by atoms with Crippen molar-refractivity contribution < 1.29 is 23.6 Å². The van der Waals surface area contributed by atoms with E-state index in [1.54, 1.807) is 0 Å². The monoisotopic (exact) mass is 597 g/mol. The Hall–Kier alpha value is -4.60. The summed E-state index contributed by atoms with van der Waals surface area (Å²) in [6.07, 6.45) is 3.69. The second-order valence-corrected chi connectivity index (χ2v) is 11.8. The standard InChI is InChI=1S/C34H39N5O5/c1-22-27(23(2)44-37-22)11-12-32(40)39-20-29-24-7-5-8-26(17-24)43-16-15-38(14-6-13-35-34(42)30(29)21-39)33(41)18-25-19-36-31-10-4-3-9-28(25)31/h3-5,7-10,17,19,29-30,36H,6,11-16,18,20-21H2,1-2H3,(H,35,42)/t29-,30+/m1/s1. The SMILES string of the molecule is Cc1noc(C)c1CCC(=O)N1C[C@@H]2C(=O)NCCCN(C(=O)Cc3c[nH]c4ccccc34)CCOc3cccc(c3)[C@H]2C1. The van der Waals surface area contributed by atoms with Crippen LogP contribution in [0.5, 0.6) is 5.75 Å². The van der Waals surface area contributed by atoms with Gasteiger partial charge in [0.05, 0.1) is 24.6 Å². The van der Waals surface area contributed by atoms with Crippen molar-refractivity contribution in [2.45, 2.75) is 45.4 Å². The number of aromatic nitrogens is 2. The third kappa shape index (κ3) is 6.34. The van der Waals surface area contributed by atoms with Crippen LogP contribution in [0.25, 0.3) is 10.9 Å². The fourth-order valence-corrected chi connectivity index (χ4v) is 6.49. The molecule has 0 aliphatic carbocycles. The van der Waals surface area contributed by atoms with Gasteiger partial charge in [0.15, 0.2) is 0 Å². The van der Waals surface area contributed by atoms with E-state index in [1.165, 1.54) is 0 Å². The number of hydrogen-bond donors (Lipinski definition) is 2. The number of carbonyl (C=O) groups is 3. The van der Waals surface area contributed by atoms with Crippen LogP contribution in [0.3, 0.4) is 0 Å². The van der Waals surface area contributed by atoms with Crippen molar-refractivity contribution in [3.05, 3.63) is 82.9 Å². The van der Waals surface area contributed by atoms with Crippen molar-refractivity contribution in [2.75, 3.05) is 39.3 Å². The Bertz CT molecular complexity index is 1640. The summed E-state index contributed by atoms with van der Waals surface area (Å²) >= 11 is 0. The molecule has 1 saturated heterocycles. The van der Waals surface area contributed by atoms with Crippen LogP contribution in [0.2, 0.25) is 0 Å². The number of rotatable bonds is 5. The van der Waals surface area contributed by atoms with Gasteiger partial charge in [-0.15, -0.1) is 0 Å². The number of ether oxygens (including phenoxy) is 1. The van der Waals surface area contributed by atoms with Gasteiger partial charge in [0.25, 0.3) is 0 Å². The molecule has 2 aliphatic heterocycles. The number of hydrogen-bond acceptors (Lipinski definition) is 6. The van der Waals surface area contributed by atoms with Gasteiger partial charge in [-0.25, -0.2) is 0 Å². The third-order valence-electron chi connectivity index (χ3n) is 8.97. The first-order valence-corrected chi connectivity index (χ1v) is 15.4. The van der Waals surface area contributed by atoms with E-state index >= 15 is 0 Å². The van der Waals surface area contributed by atoms with Crippen LogP contribution in [0.1, 0.15) is 46.9 Å². The van der Waals surface area contributed by atoms with E-state index in [1.807, 2.05) is 78.4 Å². The maximum Gasteiger partial charge on any atom is 0.227 e. The topological polar surface area (TPSA) is 121 Å². The molecule has 0 radical (unpaired) electrons. The summed E-state index contributed by atoms with van der Waals surface area (Å²) in [6, 6.07) is 15.7. The average molecular weight is 598 g/mol. The molecule has 10 heteroatoms.